The molecule has 3 amide bonds. The Morgan fingerprint density at radius 3 is 2.43 bits per heavy atom. The molecule has 0 radical (unpaired) electrons. The summed E-state index contributed by atoms with van der Waals surface area (Å²) in [5, 5.41) is 11.8. The molecule has 0 bridgehead atoms. The number of hydrogen-bond donors (Lipinski definition) is 3. The van der Waals surface area contributed by atoms with E-state index in [0.717, 1.165) is 0 Å². The summed E-state index contributed by atoms with van der Waals surface area (Å²) in [5.41, 5.74) is 1.10. The quantitative estimate of drug-likeness (QED) is 0.567. The van der Waals surface area contributed by atoms with Crippen LogP contribution in [0.1, 0.15) is 23.5 Å². The number of amides is 3. The number of carbonyl (C=O) groups is 3. The minimum absolute atomic E-state index is 0.132. The second-order valence-electron chi connectivity index (χ2n) is 5.83. The van der Waals surface area contributed by atoms with Crippen molar-refractivity contribution < 1.29 is 18.8 Å². The van der Waals surface area contributed by atoms with Crippen LogP contribution in [0, 0.1) is 0 Å². The predicted molar refractivity (Wildman–Crippen MR) is 99.5 cm³/mol. The third kappa shape index (κ3) is 4.81. The zero-order valence-electron chi connectivity index (χ0n) is 15.0. The van der Waals surface area contributed by atoms with Crippen LogP contribution < -0.4 is 16.0 Å². The van der Waals surface area contributed by atoms with E-state index in [-0.39, 0.29) is 18.2 Å². The second kappa shape index (κ2) is 8.62. The van der Waals surface area contributed by atoms with Crippen molar-refractivity contribution >= 4 is 29.1 Å². The topological polar surface area (TPSA) is 131 Å². The van der Waals surface area contributed by atoms with Crippen molar-refractivity contribution in [3.8, 4) is 0 Å². The zero-order valence-corrected chi connectivity index (χ0v) is 15.0. The van der Waals surface area contributed by atoms with Gasteiger partial charge >= 0.3 is 0 Å². The molecule has 10 heteroatoms. The van der Waals surface area contributed by atoms with Gasteiger partial charge in [-0.2, -0.15) is 5.10 Å². The summed E-state index contributed by atoms with van der Waals surface area (Å²) in [7, 11) is 0. The van der Waals surface area contributed by atoms with Gasteiger partial charge in [0.1, 0.15) is 18.7 Å². The molecule has 0 aliphatic heterocycles. The molecule has 3 rings (SSSR count). The van der Waals surface area contributed by atoms with Crippen LogP contribution in [-0.4, -0.2) is 39.0 Å². The van der Waals surface area contributed by atoms with Crippen molar-refractivity contribution in [3.05, 3.63) is 61.1 Å². The molecule has 1 unspecified atom stereocenters. The van der Waals surface area contributed by atoms with Crippen molar-refractivity contribution in [3.63, 3.8) is 0 Å². The van der Waals surface area contributed by atoms with Crippen LogP contribution in [0.2, 0.25) is 0 Å². The van der Waals surface area contributed by atoms with Crippen molar-refractivity contribution in [2.24, 2.45) is 0 Å². The molecule has 0 fully saturated rings. The lowest BCUT2D eigenvalue weighted by atomic mass is 10.2. The first-order valence-electron chi connectivity index (χ1n) is 8.39. The molecule has 2 aromatic heterocycles. The van der Waals surface area contributed by atoms with Gasteiger partial charge in [0.25, 0.3) is 5.91 Å². The molecular weight excluding hydrogens is 364 g/mol. The molecule has 28 heavy (non-hydrogen) atoms. The SMILES string of the molecule is CC(C(=O)Nc1ccc(NC(=O)CNC(=O)c2ccco2)cc1)n1cncn1. The standard InChI is InChI=1S/C18H18N6O4/c1-12(24-11-19-10-21-24)17(26)23-14-6-4-13(5-7-14)22-16(25)9-20-18(27)15-3-2-8-28-15/h2-8,10-12H,9H2,1H3,(H,20,27)(H,22,25)(H,23,26). The van der Waals surface area contributed by atoms with E-state index >= 15 is 0 Å². The van der Waals surface area contributed by atoms with Gasteiger partial charge in [-0.15, -0.1) is 0 Å². The van der Waals surface area contributed by atoms with Crippen molar-refractivity contribution in [1.82, 2.24) is 20.1 Å². The van der Waals surface area contributed by atoms with E-state index in [1.54, 1.807) is 37.3 Å². The third-order valence-electron chi connectivity index (χ3n) is 3.80. The second-order valence-corrected chi connectivity index (χ2v) is 5.83. The van der Waals surface area contributed by atoms with Gasteiger partial charge in [-0.05, 0) is 43.3 Å². The number of rotatable bonds is 7. The van der Waals surface area contributed by atoms with Gasteiger partial charge in [0.05, 0.1) is 12.8 Å². The summed E-state index contributed by atoms with van der Waals surface area (Å²) in [6.07, 6.45) is 4.20. The van der Waals surface area contributed by atoms with Crippen LogP contribution in [0.25, 0.3) is 0 Å². The lowest BCUT2D eigenvalue weighted by Crippen LogP contribution is -2.32. The van der Waals surface area contributed by atoms with Crippen molar-refractivity contribution in [2.45, 2.75) is 13.0 Å². The van der Waals surface area contributed by atoms with Gasteiger partial charge in [0.2, 0.25) is 11.8 Å². The Labute approximate surface area is 159 Å². The maximum atomic E-state index is 12.2. The lowest BCUT2D eigenvalue weighted by Gasteiger charge is -2.12. The summed E-state index contributed by atoms with van der Waals surface area (Å²) in [6.45, 7) is 1.50. The highest BCUT2D eigenvalue weighted by Crippen LogP contribution is 2.15. The molecule has 0 aliphatic rings. The smallest absolute Gasteiger partial charge is 0.287 e. The summed E-state index contributed by atoms with van der Waals surface area (Å²) >= 11 is 0. The number of benzene rings is 1. The van der Waals surface area contributed by atoms with Crippen molar-refractivity contribution in [1.29, 1.82) is 0 Å². The van der Waals surface area contributed by atoms with Crippen LogP contribution >= 0.6 is 0 Å². The highest BCUT2D eigenvalue weighted by Gasteiger charge is 2.15. The van der Waals surface area contributed by atoms with Crippen LogP contribution in [0.5, 0.6) is 0 Å². The van der Waals surface area contributed by atoms with Crippen LogP contribution in [0.4, 0.5) is 11.4 Å². The van der Waals surface area contributed by atoms with Gasteiger partial charge in [-0.25, -0.2) is 9.67 Å². The van der Waals surface area contributed by atoms with Gasteiger partial charge in [-0.3, -0.25) is 14.4 Å². The summed E-state index contributed by atoms with van der Waals surface area (Å²) in [5.74, 6) is -0.979. The maximum absolute atomic E-state index is 12.2. The highest BCUT2D eigenvalue weighted by atomic mass is 16.3. The minimum Gasteiger partial charge on any atom is -0.459 e. The molecular formula is C18H18N6O4. The first kappa shape index (κ1) is 18.8. The number of aromatic nitrogens is 3. The molecule has 144 valence electrons. The van der Waals surface area contributed by atoms with E-state index in [9.17, 15) is 14.4 Å². The molecule has 0 aliphatic carbocycles. The highest BCUT2D eigenvalue weighted by molar-refractivity contribution is 5.98. The Morgan fingerprint density at radius 1 is 1.11 bits per heavy atom. The first-order valence-corrected chi connectivity index (χ1v) is 8.39. The van der Waals surface area contributed by atoms with Gasteiger partial charge in [0.15, 0.2) is 5.76 Å². The van der Waals surface area contributed by atoms with Crippen LogP contribution in [-0.2, 0) is 9.59 Å². The van der Waals surface area contributed by atoms with E-state index in [0.29, 0.717) is 11.4 Å². The number of anilines is 2. The average molecular weight is 382 g/mol. The fraction of sp³-hybridized carbons (Fsp3) is 0.167. The van der Waals surface area contributed by atoms with E-state index < -0.39 is 17.9 Å². The van der Waals surface area contributed by atoms with Crippen LogP contribution in [0.15, 0.2) is 59.7 Å². The number of nitrogens with zero attached hydrogens (tertiary/aromatic N) is 3. The molecule has 1 atom stereocenters. The summed E-state index contributed by atoms with van der Waals surface area (Å²) in [6, 6.07) is 9.17. The van der Waals surface area contributed by atoms with E-state index in [1.807, 2.05) is 0 Å². The molecule has 0 spiro atoms. The number of furan rings is 1. The first-order chi connectivity index (χ1) is 13.5. The predicted octanol–water partition coefficient (Wildman–Crippen LogP) is 1.44. The molecule has 0 saturated carbocycles. The summed E-state index contributed by atoms with van der Waals surface area (Å²) < 4.78 is 6.39. The lowest BCUT2D eigenvalue weighted by molar-refractivity contribution is -0.119. The largest absolute Gasteiger partial charge is 0.459 e. The Kier molecular flexibility index (Phi) is 5.80. The normalized spacial score (nSPS) is 11.5. The third-order valence-corrected chi connectivity index (χ3v) is 3.80. The van der Waals surface area contributed by atoms with Crippen LogP contribution in [0.3, 0.4) is 0 Å². The van der Waals surface area contributed by atoms with Crippen molar-refractivity contribution in [2.75, 3.05) is 17.2 Å². The number of carbonyl (C=O) groups excluding carboxylic acids is 3. The minimum atomic E-state index is -0.514. The zero-order chi connectivity index (χ0) is 19.9. The van der Waals surface area contributed by atoms with Gasteiger partial charge in [-0.1, -0.05) is 0 Å². The maximum Gasteiger partial charge on any atom is 0.287 e. The van der Waals surface area contributed by atoms with E-state index in [2.05, 4.69) is 26.0 Å². The molecule has 0 saturated heterocycles. The Bertz CT molecular complexity index is 935. The molecule has 2 heterocycles. The fourth-order valence-corrected chi connectivity index (χ4v) is 2.28. The monoisotopic (exact) mass is 382 g/mol. The average Bonchev–Trinajstić information content (AvgIpc) is 3.41. The molecule has 1 aromatic carbocycles. The fourth-order valence-electron chi connectivity index (χ4n) is 2.28. The Hall–Kier alpha value is -3.95. The van der Waals surface area contributed by atoms with Gasteiger partial charge in [0, 0.05) is 11.4 Å². The molecule has 10 nitrogen and oxygen atoms in total. The van der Waals surface area contributed by atoms with E-state index in [1.165, 1.54) is 29.7 Å². The Balaban J connectivity index is 1.48. The molecule has 3 N–H and O–H groups in total. The number of nitrogens with one attached hydrogen (secondary N) is 3. The Morgan fingerprint density at radius 2 is 1.82 bits per heavy atom. The summed E-state index contributed by atoms with van der Waals surface area (Å²) in [4.78, 5) is 39.7. The number of hydrogen-bond acceptors (Lipinski definition) is 6. The van der Waals surface area contributed by atoms with E-state index in [4.69, 9.17) is 4.42 Å². The molecule has 3 aromatic rings. The van der Waals surface area contributed by atoms with Gasteiger partial charge < -0.3 is 20.4 Å².